The highest BCUT2D eigenvalue weighted by Gasteiger charge is 2.18. The molecule has 0 radical (unpaired) electrons. The molecule has 154 valence electrons. The number of rotatable bonds is 6. The summed E-state index contributed by atoms with van der Waals surface area (Å²) in [5, 5.41) is 14.9. The summed E-state index contributed by atoms with van der Waals surface area (Å²) >= 11 is 8.86. The Kier molecular flexibility index (Phi) is 6.09. The van der Waals surface area contributed by atoms with Gasteiger partial charge in [-0.1, -0.05) is 11.6 Å². The number of aromatic nitrogens is 2. The Balaban J connectivity index is 1.49. The smallest absolute Gasteiger partial charge is 0.231 e. The minimum absolute atomic E-state index is 0.0686. The van der Waals surface area contributed by atoms with Crippen LogP contribution in [0.25, 0.3) is 10.2 Å². The van der Waals surface area contributed by atoms with Crippen molar-refractivity contribution in [2.45, 2.75) is 19.3 Å². The second kappa shape index (κ2) is 8.94. The molecule has 0 fully saturated rings. The monoisotopic (exact) mass is 466 g/mol. The Labute approximate surface area is 191 Å². The van der Waals surface area contributed by atoms with Gasteiger partial charge in [0, 0.05) is 16.1 Å². The zero-order valence-corrected chi connectivity index (χ0v) is 18.6. The van der Waals surface area contributed by atoms with Crippen molar-refractivity contribution in [3.8, 4) is 6.07 Å². The van der Waals surface area contributed by atoms with Gasteiger partial charge in [0.25, 0.3) is 0 Å². The summed E-state index contributed by atoms with van der Waals surface area (Å²) in [7, 11) is 0. The second-order valence-electron chi connectivity index (χ2n) is 6.86. The topological polar surface area (TPSA) is 95.7 Å². The van der Waals surface area contributed by atoms with Crippen LogP contribution in [0, 0.1) is 11.3 Å². The zero-order chi connectivity index (χ0) is 22.0. The largest absolute Gasteiger partial charge is 0.326 e. The molecular weight excluding hydrogens is 452 g/mol. The molecule has 0 aliphatic rings. The molecule has 2 aromatic heterocycles. The summed E-state index contributed by atoms with van der Waals surface area (Å²) in [5.41, 5.74) is 4.56. The summed E-state index contributed by atoms with van der Waals surface area (Å²) < 4.78 is 0.876. The normalized spacial score (nSPS) is 11.8. The number of hydrogen-bond donors (Lipinski definition) is 1. The molecule has 2 aromatic carbocycles. The highest BCUT2D eigenvalue weighted by Crippen LogP contribution is 2.28. The molecule has 0 spiro atoms. The lowest BCUT2D eigenvalue weighted by Crippen LogP contribution is -2.18. The van der Waals surface area contributed by atoms with E-state index in [0.29, 0.717) is 32.5 Å². The van der Waals surface area contributed by atoms with Crippen molar-refractivity contribution in [1.82, 2.24) is 9.97 Å². The SMILES string of the molecule is CC(C(=O)Nc1ccc2nc(CC(=O)c3cscn3)sc2c1)c1cc(Cl)cc(C#N)c1. The molecule has 2 heterocycles. The number of nitrogens with one attached hydrogen (secondary N) is 1. The van der Waals surface area contributed by atoms with E-state index in [-0.39, 0.29) is 18.1 Å². The molecule has 31 heavy (non-hydrogen) atoms. The highest BCUT2D eigenvalue weighted by atomic mass is 35.5. The lowest BCUT2D eigenvalue weighted by molar-refractivity contribution is -0.117. The van der Waals surface area contributed by atoms with Crippen molar-refractivity contribution in [3.63, 3.8) is 0 Å². The number of carbonyl (C=O) groups excluding carboxylic acids is 2. The fourth-order valence-corrected chi connectivity index (χ4v) is 4.84. The number of nitriles is 1. The molecule has 0 aliphatic heterocycles. The maximum atomic E-state index is 12.7. The fourth-order valence-electron chi connectivity index (χ4n) is 3.03. The molecule has 0 bridgehead atoms. The van der Waals surface area contributed by atoms with E-state index in [1.807, 2.05) is 18.2 Å². The fraction of sp³-hybridized carbons (Fsp3) is 0.136. The Bertz CT molecular complexity index is 1330. The molecule has 0 saturated carbocycles. The number of hydrogen-bond acceptors (Lipinski definition) is 7. The van der Waals surface area contributed by atoms with Gasteiger partial charge < -0.3 is 5.32 Å². The molecule has 4 aromatic rings. The lowest BCUT2D eigenvalue weighted by atomic mass is 9.98. The lowest BCUT2D eigenvalue weighted by Gasteiger charge is -2.13. The minimum atomic E-state index is -0.491. The number of carbonyl (C=O) groups is 2. The van der Waals surface area contributed by atoms with Crippen molar-refractivity contribution >= 4 is 61.9 Å². The van der Waals surface area contributed by atoms with Gasteiger partial charge in [-0.05, 0) is 48.9 Å². The van der Waals surface area contributed by atoms with Crippen LogP contribution in [0.2, 0.25) is 5.02 Å². The number of halogens is 1. The number of Topliss-reactive ketones (excluding diaryl/α,β-unsaturated/α-hetero) is 1. The van der Waals surface area contributed by atoms with Gasteiger partial charge in [-0.15, -0.1) is 22.7 Å². The molecule has 1 atom stereocenters. The van der Waals surface area contributed by atoms with Gasteiger partial charge in [0.05, 0.1) is 39.7 Å². The number of anilines is 1. The van der Waals surface area contributed by atoms with E-state index in [9.17, 15) is 9.59 Å². The standard InChI is InChI=1S/C22H15ClN4O2S2/c1-12(14-4-13(9-24)5-15(23)6-14)22(29)26-16-2-3-17-20(7-16)31-21(27-17)8-19(28)18-10-30-11-25-18/h2-7,10-12H,8H2,1H3,(H,26,29). The van der Waals surface area contributed by atoms with E-state index >= 15 is 0 Å². The Morgan fingerprint density at radius 2 is 2.10 bits per heavy atom. The number of benzene rings is 2. The van der Waals surface area contributed by atoms with Crippen LogP contribution in [0.15, 0.2) is 47.3 Å². The van der Waals surface area contributed by atoms with Crippen molar-refractivity contribution in [3.05, 3.63) is 74.1 Å². The predicted octanol–water partition coefficient (Wildman–Crippen LogP) is 5.45. The van der Waals surface area contributed by atoms with Crippen molar-refractivity contribution in [2.75, 3.05) is 5.32 Å². The highest BCUT2D eigenvalue weighted by molar-refractivity contribution is 7.18. The Morgan fingerprint density at radius 3 is 2.84 bits per heavy atom. The molecule has 1 unspecified atom stereocenters. The molecular formula is C22H15ClN4O2S2. The third-order valence-corrected chi connectivity index (χ3v) is 6.50. The van der Waals surface area contributed by atoms with Crippen molar-refractivity contribution in [1.29, 1.82) is 5.26 Å². The molecule has 0 saturated heterocycles. The average molecular weight is 467 g/mol. The van der Waals surface area contributed by atoms with E-state index in [0.717, 1.165) is 10.2 Å². The first kappa shape index (κ1) is 21.1. The van der Waals surface area contributed by atoms with Gasteiger partial charge in [-0.3, -0.25) is 9.59 Å². The van der Waals surface area contributed by atoms with Gasteiger partial charge in [0.1, 0.15) is 10.7 Å². The molecule has 4 rings (SSSR count). The summed E-state index contributed by atoms with van der Waals surface area (Å²) in [6.07, 6.45) is 0.192. The number of fused-ring (bicyclic) bond motifs is 1. The summed E-state index contributed by atoms with van der Waals surface area (Å²) in [6, 6.07) is 12.4. The third-order valence-electron chi connectivity index (χ3n) is 4.67. The van der Waals surface area contributed by atoms with Crippen LogP contribution >= 0.6 is 34.3 Å². The van der Waals surface area contributed by atoms with Gasteiger partial charge in [-0.2, -0.15) is 5.26 Å². The van der Waals surface area contributed by atoms with E-state index in [1.54, 1.807) is 42.1 Å². The van der Waals surface area contributed by atoms with E-state index in [2.05, 4.69) is 15.3 Å². The van der Waals surface area contributed by atoms with Gasteiger partial charge in [0.15, 0.2) is 5.78 Å². The first-order valence-electron chi connectivity index (χ1n) is 9.25. The molecule has 9 heteroatoms. The van der Waals surface area contributed by atoms with Crippen LogP contribution in [0.5, 0.6) is 0 Å². The third kappa shape index (κ3) is 4.80. The Morgan fingerprint density at radius 1 is 1.26 bits per heavy atom. The van der Waals surface area contributed by atoms with Crippen LogP contribution < -0.4 is 5.32 Å². The summed E-state index contributed by atoms with van der Waals surface area (Å²) in [6.45, 7) is 1.76. The van der Waals surface area contributed by atoms with Crippen molar-refractivity contribution < 1.29 is 9.59 Å². The summed E-state index contributed by atoms with van der Waals surface area (Å²) in [5.74, 6) is -0.774. The molecule has 0 aliphatic carbocycles. The van der Waals surface area contributed by atoms with E-state index in [4.69, 9.17) is 16.9 Å². The Hall–Kier alpha value is -3.12. The van der Waals surface area contributed by atoms with Crippen LogP contribution in [0.3, 0.4) is 0 Å². The quantitative estimate of drug-likeness (QED) is 0.381. The number of thiazole rings is 2. The second-order valence-corrected chi connectivity index (χ2v) is 9.13. The van der Waals surface area contributed by atoms with Gasteiger partial charge >= 0.3 is 0 Å². The number of ketones is 1. The van der Waals surface area contributed by atoms with Crippen LogP contribution in [0.4, 0.5) is 5.69 Å². The first-order chi connectivity index (χ1) is 14.9. The molecule has 1 N–H and O–H groups in total. The minimum Gasteiger partial charge on any atom is -0.326 e. The summed E-state index contributed by atoms with van der Waals surface area (Å²) in [4.78, 5) is 33.6. The molecule has 6 nitrogen and oxygen atoms in total. The average Bonchev–Trinajstić information content (AvgIpc) is 3.42. The van der Waals surface area contributed by atoms with Crippen LogP contribution in [-0.2, 0) is 11.2 Å². The number of amides is 1. The molecule has 1 amide bonds. The van der Waals surface area contributed by atoms with Gasteiger partial charge in [0.2, 0.25) is 5.91 Å². The van der Waals surface area contributed by atoms with Crippen molar-refractivity contribution in [2.24, 2.45) is 0 Å². The van der Waals surface area contributed by atoms with E-state index < -0.39 is 5.92 Å². The predicted molar refractivity (Wildman–Crippen MR) is 123 cm³/mol. The van der Waals surface area contributed by atoms with Crippen LogP contribution in [-0.4, -0.2) is 21.7 Å². The van der Waals surface area contributed by atoms with Gasteiger partial charge in [-0.25, -0.2) is 9.97 Å². The number of nitrogens with zero attached hydrogens (tertiary/aromatic N) is 3. The first-order valence-corrected chi connectivity index (χ1v) is 11.4. The maximum Gasteiger partial charge on any atom is 0.231 e. The maximum absolute atomic E-state index is 12.7. The van der Waals surface area contributed by atoms with Crippen LogP contribution in [0.1, 0.15) is 39.5 Å². The zero-order valence-electron chi connectivity index (χ0n) is 16.3. The van der Waals surface area contributed by atoms with E-state index in [1.165, 1.54) is 22.7 Å².